The molecule has 0 spiro atoms. The third-order valence-corrected chi connectivity index (χ3v) is 12.1. The van der Waals surface area contributed by atoms with Gasteiger partial charge in [0.2, 0.25) is 11.8 Å². The van der Waals surface area contributed by atoms with Crippen molar-refractivity contribution in [3.63, 3.8) is 0 Å². The number of nitrogens with one attached hydrogen (secondary N) is 1. The number of hydrogen-bond acceptors (Lipinski definition) is 10. The average Bonchev–Trinajstić information content (AvgIpc) is 3.64. The fraction of sp³-hybridized carbons (Fsp3) is 0.381. The number of imide groups is 2. The second kappa shape index (κ2) is 15.5. The summed E-state index contributed by atoms with van der Waals surface area (Å²) in [5.41, 5.74) is 8.21. The van der Waals surface area contributed by atoms with Crippen LogP contribution in [-0.4, -0.2) is 120 Å². The molecule has 0 radical (unpaired) electrons. The zero-order valence-electron chi connectivity index (χ0n) is 31.6. The van der Waals surface area contributed by atoms with Crippen LogP contribution >= 0.6 is 11.6 Å². The molecule has 5 heterocycles. The molecule has 3 saturated heterocycles. The number of fused-ring (bicyclic) bond motifs is 1. The average molecular weight is 774 g/mol. The van der Waals surface area contributed by atoms with Gasteiger partial charge in [-0.15, -0.1) is 0 Å². The van der Waals surface area contributed by atoms with Gasteiger partial charge in [-0.3, -0.25) is 43.9 Å². The third kappa shape index (κ3) is 7.16. The number of rotatable bonds is 9. The number of aromatic nitrogens is 2. The molecular formula is C42H44ClN9O4. The number of carbonyl (C=O) groups excluding carboxylic acids is 4. The number of nitrogens with zero attached hydrogens (tertiary/aromatic N) is 8. The fourth-order valence-electron chi connectivity index (χ4n) is 8.29. The summed E-state index contributed by atoms with van der Waals surface area (Å²) in [4.78, 5) is 61.8. The Labute approximate surface area is 331 Å². The van der Waals surface area contributed by atoms with Crippen molar-refractivity contribution in [2.24, 2.45) is 0 Å². The molecule has 0 aliphatic carbocycles. The maximum Gasteiger partial charge on any atom is 0.264 e. The molecule has 1 atom stereocenters. The number of halogens is 1. The summed E-state index contributed by atoms with van der Waals surface area (Å²) in [6.45, 7) is 13.8. The third-order valence-electron chi connectivity index (χ3n) is 11.8. The van der Waals surface area contributed by atoms with Crippen LogP contribution in [0.25, 0.3) is 11.3 Å². The molecule has 13 nitrogen and oxygen atoms in total. The Bertz CT molecular complexity index is 2250. The van der Waals surface area contributed by atoms with Gasteiger partial charge in [-0.1, -0.05) is 35.9 Å². The molecular weight excluding hydrogens is 730 g/mol. The fourth-order valence-corrected chi connectivity index (χ4v) is 8.51. The van der Waals surface area contributed by atoms with E-state index in [0.717, 1.165) is 98.5 Å². The minimum atomic E-state index is -0.974. The summed E-state index contributed by atoms with van der Waals surface area (Å²) in [5, 5.41) is 16.8. The van der Waals surface area contributed by atoms with E-state index in [1.54, 1.807) is 18.2 Å². The van der Waals surface area contributed by atoms with Crippen LogP contribution in [0.4, 0.5) is 11.4 Å². The van der Waals surface area contributed by atoms with E-state index in [1.807, 2.05) is 22.9 Å². The van der Waals surface area contributed by atoms with Crippen LogP contribution in [0.15, 0.2) is 60.7 Å². The number of piperidine rings is 1. The molecule has 0 saturated carbocycles. The number of nitriles is 1. The zero-order chi connectivity index (χ0) is 39.1. The predicted molar refractivity (Wildman–Crippen MR) is 213 cm³/mol. The van der Waals surface area contributed by atoms with Crippen molar-refractivity contribution in [1.29, 1.82) is 5.26 Å². The standard InChI is InChI=1S/C42H44ClN9O4/c1-27-28(2)51(46-39(27)30-8-9-31(25-44)34(43)24-30)26-29-6-10-32(11-7-29)49-20-16-47(17-21-49)14-15-48-18-22-50(23-19-48)35-5-3-4-33-38(35)42(56)52(41(33)55)36-12-13-37(53)45-40(36)54/h3-11,24,36H,12-23,26H2,1-2H3,(H,45,53,54). The highest BCUT2D eigenvalue weighted by Crippen LogP contribution is 2.35. The number of hydrogen-bond donors (Lipinski definition) is 1. The Balaban J connectivity index is 0.804. The van der Waals surface area contributed by atoms with Crippen LogP contribution < -0.4 is 15.1 Å². The molecule has 288 valence electrons. The zero-order valence-corrected chi connectivity index (χ0v) is 32.4. The van der Waals surface area contributed by atoms with E-state index in [4.69, 9.17) is 16.7 Å². The van der Waals surface area contributed by atoms with Crippen LogP contribution in [0.2, 0.25) is 5.02 Å². The van der Waals surface area contributed by atoms with Crippen molar-refractivity contribution in [2.75, 3.05) is 75.2 Å². The van der Waals surface area contributed by atoms with E-state index in [1.165, 1.54) is 11.3 Å². The number of piperazine rings is 2. The van der Waals surface area contributed by atoms with Gasteiger partial charge in [0, 0.05) is 88.8 Å². The Kier molecular flexibility index (Phi) is 10.4. The Morgan fingerprint density at radius 2 is 1.52 bits per heavy atom. The predicted octanol–water partition coefficient (Wildman–Crippen LogP) is 4.09. The molecule has 56 heavy (non-hydrogen) atoms. The van der Waals surface area contributed by atoms with E-state index in [2.05, 4.69) is 69.1 Å². The van der Waals surface area contributed by atoms with Crippen molar-refractivity contribution in [1.82, 2.24) is 29.8 Å². The minimum Gasteiger partial charge on any atom is -0.369 e. The van der Waals surface area contributed by atoms with Gasteiger partial charge in [0.1, 0.15) is 12.1 Å². The monoisotopic (exact) mass is 773 g/mol. The molecule has 1 unspecified atom stereocenters. The van der Waals surface area contributed by atoms with Crippen LogP contribution in [0.3, 0.4) is 0 Å². The highest BCUT2D eigenvalue weighted by Gasteiger charge is 2.46. The minimum absolute atomic E-state index is 0.0957. The largest absolute Gasteiger partial charge is 0.369 e. The first kappa shape index (κ1) is 37.4. The lowest BCUT2D eigenvalue weighted by molar-refractivity contribution is -0.136. The van der Waals surface area contributed by atoms with Gasteiger partial charge in [0.15, 0.2) is 0 Å². The summed E-state index contributed by atoms with van der Waals surface area (Å²) in [7, 11) is 0. The van der Waals surface area contributed by atoms with Crippen LogP contribution in [0, 0.1) is 25.2 Å². The molecule has 4 aliphatic rings. The van der Waals surface area contributed by atoms with Gasteiger partial charge < -0.3 is 9.80 Å². The van der Waals surface area contributed by atoms with Gasteiger partial charge in [-0.05, 0) is 67.8 Å². The van der Waals surface area contributed by atoms with E-state index >= 15 is 0 Å². The molecule has 3 aromatic carbocycles. The van der Waals surface area contributed by atoms with Crippen molar-refractivity contribution in [3.8, 4) is 17.3 Å². The van der Waals surface area contributed by atoms with Crippen LogP contribution in [0.1, 0.15) is 55.9 Å². The lowest BCUT2D eigenvalue weighted by atomic mass is 10.0. The van der Waals surface area contributed by atoms with Crippen molar-refractivity contribution in [2.45, 2.75) is 39.3 Å². The Hall–Kier alpha value is -5.55. The molecule has 4 amide bonds. The molecule has 0 bridgehead atoms. The quantitative estimate of drug-likeness (QED) is 0.248. The number of carbonyl (C=O) groups is 4. The second-order valence-electron chi connectivity index (χ2n) is 15.0. The van der Waals surface area contributed by atoms with Crippen LogP contribution in [-0.2, 0) is 16.1 Å². The Morgan fingerprint density at radius 3 is 2.16 bits per heavy atom. The van der Waals surface area contributed by atoms with E-state index in [0.29, 0.717) is 28.3 Å². The lowest BCUT2D eigenvalue weighted by Crippen LogP contribution is -2.54. The topological polar surface area (TPSA) is 138 Å². The SMILES string of the molecule is Cc1c(-c2ccc(C#N)c(Cl)c2)nn(Cc2ccc(N3CCN(CCN4CCN(c5cccc6c5C(=O)N(C5CCC(=O)NC5=O)C6=O)CC4)CC3)cc2)c1C. The van der Waals surface area contributed by atoms with E-state index < -0.39 is 23.8 Å². The molecule has 1 N–H and O–H groups in total. The van der Waals surface area contributed by atoms with Crippen molar-refractivity contribution < 1.29 is 19.2 Å². The molecule has 3 fully saturated rings. The summed E-state index contributed by atoms with van der Waals surface area (Å²) < 4.78 is 2.03. The second-order valence-corrected chi connectivity index (χ2v) is 15.4. The van der Waals surface area contributed by atoms with Gasteiger partial charge >= 0.3 is 0 Å². The maximum atomic E-state index is 13.6. The van der Waals surface area contributed by atoms with E-state index in [-0.39, 0.29) is 18.7 Å². The molecule has 4 aromatic rings. The normalized spacial score (nSPS) is 19.4. The van der Waals surface area contributed by atoms with Gasteiger partial charge in [-0.2, -0.15) is 10.4 Å². The maximum absolute atomic E-state index is 13.6. The highest BCUT2D eigenvalue weighted by molar-refractivity contribution is 6.32. The lowest BCUT2D eigenvalue weighted by Gasteiger charge is -2.39. The first-order valence-electron chi connectivity index (χ1n) is 19.2. The van der Waals surface area contributed by atoms with Gasteiger partial charge in [-0.25, -0.2) is 0 Å². The van der Waals surface area contributed by atoms with Gasteiger partial charge in [0.05, 0.1) is 39.6 Å². The first-order chi connectivity index (χ1) is 27.1. The first-order valence-corrected chi connectivity index (χ1v) is 19.6. The summed E-state index contributed by atoms with van der Waals surface area (Å²) in [5.74, 6) is -1.93. The van der Waals surface area contributed by atoms with Gasteiger partial charge in [0.25, 0.3) is 11.8 Å². The van der Waals surface area contributed by atoms with Crippen molar-refractivity contribution in [3.05, 3.63) is 99.2 Å². The van der Waals surface area contributed by atoms with E-state index in [9.17, 15) is 24.4 Å². The number of amides is 4. The molecule has 1 aromatic heterocycles. The highest BCUT2D eigenvalue weighted by atomic mass is 35.5. The molecule has 8 rings (SSSR count). The van der Waals surface area contributed by atoms with Crippen molar-refractivity contribution >= 4 is 46.6 Å². The molecule has 4 aliphatic heterocycles. The summed E-state index contributed by atoms with van der Waals surface area (Å²) in [6, 6.07) is 20.7. The Morgan fingerprint density at radius 1 is 0.839 bits per heavy atom. The summed E-state index contributed by atoms with van der Waals surface area (Å²) in [6.07, 6.45) is 0.236. The smallest absolute Gasteiger partial charge is 0.264 e. The number of benzene rings is 3. The molecule has 14 heteroatoms. The summed E-state index contributed by atoms with van der Waals surface area (Å²) >= 11 is 6.31. The number of anilines is 2. The van der Waals surface area contributed by atoms with Crippen LogP contribution in [0.5, 0.6) is 0 Å².